The van der Waals surface area contributed by atoms with Crippen LogP contribution in [0.15, 0.2) is 22.7 Å². The Bertz CT molecular complexity index is 370. The first kappa shape index (κ1) is 11.0. The first-order valence-electron chi connectivity index (χ1n) is 5.19. The molecule has 1 aromatic carbocycles. The third-order valence-corrected chi connectivity index (χ3v) is 3.40. The van der Waals surface area contributed by atoms with Crippen molar-refractivity contribution >= 4 is 15.9 Å². The molecular weight excluding hydrogens is 254 g/mol. The van der Waals surface area contributed by atoms with Crippen LogP contribution in [0.1, 0.15) is 31.7 Å². The highest BCUT2D eigenvalue weighted by atomic mass is 79.9. The van der Waals surface area contributed by atoms with Gasteiger partial charge in [-0.1, -0.05) is 15.9 Å². The Kier molecular flexibility index (Phi) is 2.77. The highest BCUT2D eigenvalue weighted by Gasteiger charge is 2.31. The minimum Gasteiger partial charge on any atom is -0.493 e. The molecule has 0 amide bonds. The fraction of sp³-hybridized carbons (Fsp3) is 0.500. The fourth-order valence-electron chi connectivity index (χ4n) is 2.14. The summed E-state index contributed by atoms with van der Waals surface area (Å²) < 4.78 is 6.71. The molecule has 0 fully saturated rings. The topological polar surface area (TPSA) is 35.2 Å². The second-order valence-corrected chi connectivity index (χ2v) is 5.61. The third kappa shape index (κ3) is 2.18. The van der Waals surface area contributed by atoms with Crippen LogP contribution in [0, 0.1) is 0 Å². The van der Waals surface area contributed by atoms with E-state index in [1.165, 1.54) is 5.56 Å². The molecule has 2 rings (SSSR count). The minimum atomic E-state index is -0.195. The van der Waals surface area contributed by atoms with Gasteiger partial charge in [-0.15, -0.1) is 0 Å². The average molecular weight is 270 g/mol. The number of halogens is 1. The van der Waals surface area contributed by atoms with Gasteiger partial charge in [0, 0.05) is 21.5 Å². The maximum absolute atomic E-state index is 6.20. The Balaban J connectivity index is 2.45. The molecule has 2 nitrogen and oxygen atoms in total. The number of hydrogen-bond acceptors (Lipinski definition) is 2. The summed E-state index contributed by atoms with van der Waals surface area (Å²) in [5.74, 6) is 1.35. The highest BCUT2D eigenvalue weighted by molar-refractivity contribution is 9.10. The number of benzene rings is 1. The van der Waals surface area contributed by atoms with Crippen LogP contribution in [0.5, 0.6) is 5.75 Å². The second kappa shape index (κ2) is 3.80. The number of nitrogens with two attached hydrogens (primary N) is 1. The second-order valence-electron chi connectivity index (χ2n) is 4.69. The zero-order chi connectivity index (χ0) is 11.1. The normalized spacial score (nSPS) is 20.7. The zero-order valence-electron chi connectivity index (χ0n) is 9.09. The molecule has 0 saturated carbocycles. The molecule has 1 aliphatic heterocycles. The molecular formula is C12H16BrNO. The Hall–Kier alpha value is -0.540. The molecule has 0 bridgehead atoms. The summed E-state index contributed by atoms with van der Waals surface area (Å²) in [6.07, 6.45) is 0.993. The third-order valence-electron chi connectivity index (χ3n) is 2.91. The van der Waals surface area contributed by atoms with E-state index in [9.17, 15) is 0 Å². The van der Waals surface area contributed by atoms with Gasteiger partial charge in [0.05, 0.1) is 6.61 Å². The summed E-state index contributed by atoms with van der Waals surface area (Å²) in [5, 5.41) is 0. The maximum Gasteiger partial charge on any atom is 0.122 e. The van der Waals surface area contributed by atoms with E-state index in [2.05, 4.69) is 35.8 Å². The van der Waals surface area contributed by atoms with Crippen molar-refractivity contribution in [2.45, 2.75) is 31.7 Å². The van der Waals surface area contributed by atoms with Crippen molar-refractivity contribution in [3.8, 4) is 5.75 Å². The van der Waals surface area contributed by atoms with Crippen molar-refractivity contribution in [2.24, 2.45) is 5.73 Å². The van der Waals surface area contributed by atoms with Crippen LogP contribution in [0.2, 0.25) is 0 Å². The van der Waals surface area contributed by atoms with E-state index < -0.39 is 0 Å². The quantitative estimate of drug-likeness (QED) is 0.851. The molecule has 0 aliphatic carbocycles. The highest BCUT2D eigenvalue weighted by Crippen LogP contribution is 2.40. The molecule has 0 saturated heterocycles. The smallest absolute Gasteiger partial charge is 0.122 e. The van der Waals surface area contributed by atoms with Crippen molar-refractivity contribution in [2.75, 3.05) is 6.61 Å². The Morgan fingerprint density at radius 2 is 2.20 bits per heavy atom. The van der Waals surface area contributed by atoms with Gasteiger partial charge in [0.15, 0.2) is 0 Å². The van der Waals surface area contributed by atoms with E-state index >= 15 is 0 Å². The SMILES string of the molecule is CC(C)(N)C1CCOc2ccc(Br)cc21. The Morgan fingerprint density at radius 1 is 1.47 bits per heavy atom. The van der Waals surface area contributed by atoms with Gasteiger partial charge >= 0.3 is 0 Å². The van der Waals surface area contributed by atoms with Crippen molar-refractivity contribution in [1.82, 2.24) is 0 Å². The van der Waals surface area contributed by atoms with Gasteiger partial charge in [0.25, 0.3) is 0 Å². The standard InChI is InChI=1S/C12H16BrNO/c1-12(2,14)10-5-6-15-11-4-3-8(13)7-9(10)11/h3-4,7,10H,5-6,14H2,1-2H3. The number of fused-ring (bicyclic) bond motifs is 1. The maximum atomic E-state index is 6.20. The molecule has 82 valence electrons. The molecule has 0 radical (unpaired) electrons. The van der Waals surface area contributed by atoms with Crippen LogP contribution in [0.4, 0.5) is 0 Å². The van der Waals surface area contributed by atoms with Crippen molar-refractivity contribution in [3.63, 3.8) is 0 Å². The number of ether oxygens (including phenoxy) is 1. The van der Waals surface area contributed by atoms with Crippen LogP contribution >= 0.6 is 15.9 Å². The van der Waals surface area contributed by atoms with Crippen LogP contribution in [-0.4, -0.2) is 12.1 Å². The molecule has 0 aromatic heterocycles. The lowest BCUT2D eigenvalue weighted by atomic mass is 9.79. The molecule has 15 heavy (non-hydrogen) atoms. The lowest BCUT2D eigenvalue weighted by Crippen LogP contribution is -2.41. The number of rotatable bonds is 1. The molecule has 1 heterocycles. The van der Waals surface area contributed by atoms with Gasteiger partial charge in [0.1, 0.15) is 5.75 Å². The van der Waals surface area contributed by atoms with Crippen molar-refractivity contribution < 1.29 is 4.74 Å². The summed E-state index contributed by atoms with van der Waals surface area (Å²) in [4.78, 5) is 0. The summed E-state index contributed by atoms with van der Waals surface area (Å²) in [5.41, 5.74) is 7.23. The minimum absolute atomic E-state index is 0.195. The molecule has 1 aliphatic rings. The van der Waals surface area contributed by atoms with Crippen LogP contribution in [-0.2, 0) is 0 Å². The summed E-state index contributed by atoms with van der Waals surface area (Å²) in [7, 11) is 0. The van der Waals surface area contributed by atoms with E-state index in [4.69, 9.17) is 10.5 Å². The first-order valence-corrected chi connectivity index (χ1v) is 5.99. The molecule has 0 spiro atoms. The summed E-state index contributed by atoms with van der Waals surface area (Å²) in [6, 6.07) is 6.13. The van der Waals surface area contributed by atoms with Gasteiger partial charge in [-0.05, 0) is 38.5 Å². The van der Waals surface area contributed by atoms with E-state index in [1.807, 2.05) is 12.1 Å². The number of hydrogen-bond donors (Lipinski definition) is 1. The lowest BCUT2D eigenvalue weighted by Gasteiger charge is -2.35. The average Bonchev–Trinajstić information content (AvgIpc) is 2.15. The van der Waals surface area contributed by atoms with E-state index in [1.54, 1.807) is 0 Å². The lowest BCUT2D eigenvalue weighted by molar-refractivity contribution is 0.233. The Labute approximate surface area is 98.9 Å². The summed E-state index contributed by atoms with van der Waals surface area (Å²) in [6.45, 7) is 4.92. The predicted molar refractivity (Wildman–Crippen MR) is 65.3 cm³/mol. The summed E-state index contributed by atoms with van der Waals surface area (Å²) >= 11 is 3.49. The van der Waals surface area contributed by atoms with Gasteiger partial charge < -0.3 is 10.5 Å². The van der Waals surface area contributed by atoms with Gasteiger partial charge in [0.2, 0.25) is 0 Å². The fourth-order valence-corrected chi connectivity index (χ4v) is 2.52. The molecule has 1 unspecified atom stereocenters. The van der Waals surface area contributed by atoms with Crippen molar-refractivity contribution in [3.05, 3.63) is 28.2 Å². The Morgan fingerprint density at radius 3 is 2.87 bits per heavy atom. The van der Waals surface area contributed by atoms with E-state index in [0.29, 0.717) is 5.92 Å². The van der Waals surface area contributed by atoms with E-state index in [-0.39, 0.29) is 5.54 Å². The van der Waals surface area contributed by atoms with Crippen molar-refractivity contribution in [1.29, 1.82) is 0 Å². The van der Waals surface area contributed by atoms with Crippen LogP contribution in [0.3, 0.4) is 0 Å². The first-order chi connectivity index (χ1) is 6.98. The predicted octanol–water partition coefficient (Wildman–Crippen LogP) is 3.05. The molecule has 1 atom stereocenters. The van der Waals surface area contributed by atoms with Gasteiger partial charge in [-0.25, -0.2) is 0 Å². The molecule has 1 aromatic rings. The van der Waals surface area contributed by atoms with E-state index in [0.717, 1.165) is 23.2 Å². The van der Waals surface area contributed by atoms with Crippen LogP contribution < -0.4 is 10.5 Å². The monoisotopic (exact) mass is 269 g/mol. The van der Waals surface area contributed by atoms with Crippen LogP contribution in [0.25, 0.3) is 0 Å². The molecule has 3 heteroatoms. The largest absolute Gasteiger partial charge is 0.493 e. The van der Waals surface area contributed by atoms with Gasteiger partial charge in [-0.2, -0.15) is 0 Å². The van der Waals surface area contributed by atoms with Gasteiger partial charge in [-0.3, -0.25) is 0 Å². The molecule has 2 N–H and O–H groups in total. The zero-order valence-corrected chi connectivity index (χ0v) is 10.7.